The Hall–Kier alpha value is -9.57. The third kappa shape index (κ3) is 15.1. The predicted molar refractivity (Wildman–Crippen MR) is 336 cm³/mol. The van der Waals surface area contributed by atoms with Gasteiger partial charge >= 0.3 is 0 Å². The largest absolute Gasteiger partial charge is 0.486 e. The molecular weight excluding hydrogens is 1110 g/mol. The molecule has 0 spiro atoms. The molecule has 6 fully saturated rings. The number of likely N-dealkylation sites (tertiary alicyclic amines) is 1. The first-order chi connectivity index (χ1) is 42.6. The number of hydrogen-bond donors (Lipinski definition) is 4. The summed E-state index contributed by atoms with van der Waals surface area (Å²) in [6.45, 7) is 4.70. The fourth-order valence-electron chi connectivity index (χ4n) is 11.6. The highest BCUT2D eigenvalue weighted by Gasteiger charge is 2.48. The van der Waals surface area contributed by atoms with Gasteiger partial charge in [0.1, 0.15) is 36.7 Å². The van der Waals surface area contributed by atoms with Gasteiger partial charge in [0.2, 0.25) is 29.5 Å². The van der Waals surface area contributed by atoms with Crippen LogP contribution in [0.1, 0.15) is 87.8 Å². The molecule has 6 aliphatic rings. The summed E-state index contributed by atoms with van der Waals surface area (Å²) in [5.74, 6) is -0.564. The molecule has 18 heteroatoms. The van der Waals surface area contributed by atoms with Crippen molar-refractivity contribution in [3.8, 4) is 57.3 Å². The lowest BCUT2D eigenvalue weighted by atomic mass is 10.0. The Balaban J connectivity index is 0.000000150. The summed E-state index contributed by atoms with van der Waals surface area (Å²) in [7, 11) is 3.34. The van der Waals surface area contributed by atoms with E-state index in [-0.39, 0.29) is 78.1 Å². The van der Waals surface area contributed by atoms with Gasteiger partial charge in [-0.3, -0.25) is 24.0 Å². The molecule has 0 radical (unpaired) electrons. The number of hydrogen-bond acceptors (Lipinski definition) is 12. The number of aliphatic hydroxyl groups excluding tert-OH is 1. The third-order valence-corrected chi connectivity index (χ3v) is 17.1. The Morgan fingerprint density at radius 1 is 0.580 bits per heavy atom. The number of rotatable bonds is 15. The van der Waals surface area contributed by atoms with Crippen LogP contribution in [0.3, 0.4) is 0 Å². The zero-order valence-corrected chi connectivity index (χ0v) is 49.9. The van der Waals surface area contributed by atoms with Crippen molar-refractivity contribution in [3.05, 3.63) is 144 Å². The molecule has 3 saturated carbocycles. The van der Waals surface area contributed by atoms with Crippen LogP contribution < -0.4 is 30.5 Å². The topological polar surface area (TPSA) is 235 Å². The average Bonchev–Trinajstić information content (AvgIpc) is 4.68. The Kier molecular flexibility index (Phi) is 19.5. The molecule has 3 saturated heterocycles. The summed E-state index contributed by atoms with van der Waals surface area (Å²) in [6, 6.07) is 47.3. The smallest absolute Gasteiger partial charge is 0.248 e. The van der Waals surface area contributed by atoms with Gasteiger partial charge in [-0.1, -0.05) is 54.6 Å². The molecule has 0 unspecified atom stereocenters. The molecule has 452 valence electrons. The van der Waals surface area contributed by atoms with E-state index < -0.39 is 24.8 Å². The van der Waals surface area contributed by atoms with Crippen LogP contribution in [0.2, 0.25) is 0 Å². The van der Waals surface area contributed by atoms with Crippen molar-refractivity contribution in [2.24, 2.45) is 23.7 Å². The number of nitrogens with one attached hydrogen (secondary N) is 3. The number of alkyl halides is 1. The van der Waals surface area contributed by atoms with E-state index in [1.807, 2.05) is 66.7 Å². The molecule has 17 nitrogen and oxygen atoms in total. The summed E-state index contributed by atoms with van der Waals surface area (Å²) in [6.07, 6.45) is 7.22. The lowest BCUT2D eigenvalue weighted by Crippen LogP contribution is -2.50. The van der Waals surface area contributed by atoms with E-state index in [4.69, 9.17) is 9.84 Å². The molecule has 3 heterocycles. The summed E-state index contributed by atoms with van der Waals surface area (Å²) >= 11 is 0. The van der Waals surface area contributed by atoms with Gasteiger partial charge in [0.15, 0.2) is 6.17 Å². The number of halogens is 1. The second-order valence-electron chi connectivity index (χ2n) is 23.8. The molecule has 0 bridgehead atoms. The van der Waals surface area contributed by atoms with Gasteiger partial charge < -0.3 is 45.4 Å². The molecule has 88 heavy (non-hydrogen) atoms. The van der Waals surface area contributed by atoms with Crippen molar-refractivity contribution in [2.45, 2.75) is 89.4 Å². The van der Waals surface area contributed by atoms with Gasteiger partial charge in [0.05, 0.1) is 46.4 Å². The Morgan fingerprint density at radius 3 is 1.55 bits per heavy atom. The van der Waals surface area contributed by atoms with Gasteiger partial charge in [-0.2, -0.15) is 15.8 Å². The molecule has 12 rings (SSSR count). The van der Waals surface area contributed by atoms with E-state index in [0.717, 1.165) is 95.9 Å². The maximum absolute atomic E-state index is 14.6. The van der Waals surface area contributed by atoms with Crippen molar-refractivity contribution in [3.63, 3.8) is 0 Å². The van der Waals surface area contributed by atoms with Crippen LogP contribution in [-0.4, -0.2) is 116 Å². The minimum Gasteiger partial charge on any atom is -0.486 e. The van der Waals surface area contributed by atoms with Crippen molar-refractivity contribution in [1.82, 2.24) is 9.80 Å². The molecule has 5 atom stereocenters. The second kappa shape index (κ2) is 27.9. The monoisotopic (exact) mass is 1180 g/mol. The van der Waals surface area contributed by atoms with E-state index in [2.05, 4.69) is 75.1 Å². The van der Waals surface area contributed by atoms with E-state index in [1.165, 1.54) is 35.5 Å². The number of carbonyl (C=O) groups is 5. The zero-order chi connectivity index (χ0) is 62.0. The SMILES string of the molecule is CN(C)C(=O)[C@@H]1C[C@@H]1C(=O)Nc1cccc(-c2ccc(O[C@H]3CCN(C(=O)CO)C[C@H]3F)c(C#N)c2)c1.C[C@H]1CCCN1c1ccc(-c2cccc(NC(=O)C3CC3)c2)cc1C#N.N#Cc1cc(-c2cccc(NC(=O)C3CC3)c2)ccc1N1CCCC1. The Morgan fingerprint density at radius 2 is 1.07 bits per heavy atom. The maximum atomic E-state index is 14.6. The highest BCUT2D eigenvalue weighted by atomic mass is 19.1. The number of nitrogens with zero attached hydrogens (tertiary/aromatic N) is 7. The number of piperidine rings is 1. The van der Waals surface area contributed by atoms with Crippen LogP contribution in [0, 0.1) is 57.7 Å². The van der Waals surface area contributed by atoms with E-state index in [9.17, 15) is 44.1 Å². The quantitative estimate of drug-likeness (QED) is 0.0752. The molecule has 5 amide bonds. The van der Waals surface area contributed by atoms with Gasteiger partial charge in [-0.05, 0) is 171 Å². The molecule has 0 aromatic heterocycles. The first-order valence-corrected chi connectivity index (χ1v) is 30.4. The van der Waals surface area contributed by atoms with Crippen LogP contribution in [0.5, 0.6) is 5.75 Å². The number of aliphatic hydroxyl groups is 1. The number of benzene rings is 6. The summed E-state index contributed by atoms with van der Waals surface area (Å²) in [5.41, 5.74) is 11.4. The van der Waals surface area contributed by atoms with Gasteiger partial charge in [0, 0.05) is 81.6 Å². The van der Waals surface area contributed by atoms with Crippen molar-refractivity contribution >= 4 is 58.0 Å². The zero-order valence-electron chi connectivity index (χ0n) is 49.9. The standard InChI is InChI=1S/C27H29FN4O5.C22H23N3O.C21H21N3O/c1-31(2)27(36)21-12-20(21)26(35)30-19-5-3-4-16(11-19)17-6-7-23(18(10-17)13-29)37-24-8-9-32(14-22(24)28)25(34)15-33;1-15-4-3-11-25(15)21-10-9-18(12-19(21)14-23)17-5-2-6-20(13-17)24-22(26)16-7-8-16;22-14-18-12-17(8-9-20(18)24-10-1-2-11-24)16-4-3-5-19(13-16)23-21(25)15-6-7-15/h3-7,10-11,20-22,24,33H,8-9,12,14-15H2,1-2H3,(H,30,35);2,5-6,9-10,12-13,15-16H,3-4,7-8,11H2,1H3,(H,24,26);3-5,8-9,12-13,15H,1-2,6-7,10-11H2,(H,23,25)/t20-,21+,22+,24-;15-;/m00./s1. The van der Waals surface area contributed by atoms with Crippen molar-refractivity contribution in [2.75, 3.05) is 79.2 Å². The molecule has 6 aromatic carbocycles. The maximum Gasteiger partial charge on any atom is 0.248 e. The highest BCUT2D eigenvalue weighted by molar-refractivity contribution is 6.00. The van der Waals surface area contributed by atoms with Crippen LogP contribution in [0.4, 0.5) is 32.8 Å². The Bertz CT molecular complexity index is 3720. The summed E-state index contributed by atoms with van der Waals surface area (Å²) in [4.78, 5) is 67.6. The minimum atomic E-state index is -1.45. The Labute approximate surface area is 513 Å². The normalized spacial score (nSPS) is 19.8. The van der Waals surface area contributed by atoms with Crippen LogP contribution >= 0.6 is 0 Å². The molecule has 3 aliphatic heterocycles. The van der Waals surface area contributed by atoms with Crippen LogP contribution in [-0.2, 0) is 24.0 Å². The number of amides is 5. The number of anilines is 5. The fourth-order valence-corrected chi connectivity index (χ4v) is 11.6. The van der Waals surface area contributed by atoms with Crippen molar-refractivity contribution in [1.29, 1.82) is 15.8 Å². The minimum absolute atomic E-state index is 0.0523. The number of nitriles is 3. The molecule has 6 aromatic rings. The first kappa shape index (κ1) is 61.5. The van der Waals surface area contributed by atoms with E-state index >= 15 is 0 Å². The van der Waals surface area contributed by atoms with Crippen LogP contribution in [0.25, 0.3) is 33.4 Å². The number of carbonyl (C=O) groups excluding carboxylic acids is 5. The molecular formula is C70H73FN10O7. The third-order valence-electron chi connectivity index (χ3n) is 17.1. The van der Waals surface area contributed by atoms with Crippen LogP contribution in [0.15, 0.2) is 127 Å². The van der Waals surface area contributed by atoms with Gasteiger partial charge in [-0.15, -0.1) is 0 Å². The number of ether oxygens (including phenoxy) is 1. The highest BCUT2D eigenvalue weighted by Crippen LogP contribution is 2.41. The first-order valence-electron chi connectivity index (χ1n) is 30.4. The predicted octanol–water partition coefficient (Wildman–Crippen LogP) is 10.9. The summed E-state index contributed by atoms with van der Waals surface area (Å²) in [5, 5.41) is 46.7. The average molecular weight is 1190 g/mol. The van der Waals surface area contributed by atoms with Gasteiger partial charge in [-0.25, -0.2) is 4.39 Å². The second-order valence-corrected chi connectivity index (χ2v) is 23.8. The van der Waals surface area contributed by atoms with Crippen molar-refractivity contribution < 1.29 is 38.2 Å². The van der Waals surface area contributed by atoms with E-state index in [1.54, 1.807) is 50.5 Å². The lowest BCUT2D eigenvalue weighted by Gasteiger charge is -2.34. The van der Waals surface area contributed by atoms with E-state index in [0.29, 0.717) is 34.8 Å². The van der Waals surface area contributed by atoms with Gasteiger partial charge in [0.25, 0.3) is 0 Å². The molecule has 3 aliphatic carbocycles. The summed E-state index contributed by atoms with van der Waals surface area (Å²) < 4.78 is 20.5. The molecule has 4 N–H and O–H groups in total. The lowest BCUT2D eigenvalue weighted by molar-refractivity contribution is -0.138. The fraction of sp³-hybridized carbons (Fsp3) is 0.371.